The van der Waals surface area contributed by atoms with Crippen LogP contribution in [0.15, 0.2) is 42.9 Å². The van der Waals surface area contributed by atoms with Crippen molar-refractivity contribution >= 4 is 0 Å². The van der Waals surface area contributed by atoms with Crippen LogP contribution in [-0.2, 0) is 11.8 Å². The normalized spacial score (nSPS) is 22.5. The highest BCUT2D eigenvalue weighted by atomic mass is 16.3. The van der Waals surface area contributed by atoms with E-state index in [1.807, 2.05) is 24.3 Å². The average Bonchev–Trinajstić information content (AvgIpc) is 2.87. The molecule has 0 saturated carbocycles. The Hall–Kier alpha value is -2.25. The van der Waals surface area contributed by atoms with Crippen molar-refractivity contribution in [2.24, 2.45) is 0 Å². The zero-order valence-electron chi connectivity index (χ0n) is 10.3. The van der Waals surface area contributed by atoms with Gasteiger partial charge in [0.25, 0.3) is 0 Å². The van der Waals surface area contributed by atoms with Crippen LogP contribution in [0.1, 0.15) is 29.3 Å². The third-order valence-electron chi connectivity index (χ3n) is 3.84. The van der Waals surface area contributed by atoms with E-state index >= 15 is 0 Å². The monoisotopic (exact) mass is 251 g/mol. The lowest BCUT2D eigenvalue weighted by Gasteiger charge is -2.27. The number of rotatable bonds is 2. The van der Waals surface area contributed by atoms with Crippen molar-refractivity contribution in [1.82, 2.24) is 9.97 Å². The minimum absolute atomic E-state index is 0.494. The minimum Gasteiger partial charge on any atom is -0.385 e. The van der Waals surface area contributed by atoms with Gasteiger partial charge in [-0.15, -0.1) is 0 Å². The molecule has 0 spiro atoms. The highest BCUT2D eigenvalue weighted by Gasteiger charge is 2.46. The summed E-state index contributed by atoms with van der Waals surface area (Å²) in [7, 11) is 0. The van der Waals surface area contributed by atoms with Crippen molar-refractivity contribution < 1.29 is 5.11 Å². The second-order valence-corrected chi connectivity index (χ2v) is 4.78. The first-order valence-corrected chi connectivity index (χ1v) is 6.21. The van der Waals surface area contributed by atoms with Gasteiger partial charge in [0.15, 0.2) is 0 Å². The third-order valence-corrected chi connectivity index (χ3v) is 3.84. The third kappa shape index (κ3) is 1.71. The Morgan fingerprint density at radius 2 is 2.16 bits per heavy atom. The van der Waals surface area contributed by atoms with E-state index in [9.17, 15) is 10.4 Å². The van der Waals surface area contributed by atoms with Crippen LogP contribution in [0.2, 0.25) is 0 Å². The molecule has 0 fully saturated rings. The molecule has 2 aromatic rings. The summed E-state index contributed by atoms with van der Waals surface area (Å²) in [5.74, 6) is 0. The number of aliphatic hydroxyl groups excluding tert-OH is 1. The van der Waals surface area contributed by atoms with Crippen LogP contribution in [0.5, 0.6) is 0 Å². The molecule has 4 heteroatoms. The molecular weight excluding hydrogens is 238 g/mol. The first-order chi connectivity index (χ1) is 9.28. The maximum Gasteiger partial charge on any atom is 0.119 e. The number of aromatic nitrogens is 2. The van der Waals surface area contributed by atoms with E-state index < -0.39 is 11.5 Å². The van der Waals surface area contributed by atoms with Crippen molar-refractivity contribution in [2.75, 3.05) is 0 Å². The van der Waals surface area contributed by atoms with Crippen LogP contribution in [-0.4, -0.2) is 15.1 Å². The van der Waals surface area contributed by atoms with Crippen LogP contribution in [0, 0.1) is 11.3 Å². The number of aryl methyl sites for hydroxylation is 1. The summed E-state index contributed by atoms with van der Waals surface area (Å²) in [5, 5.41) is 20.2. The minimum atomic E-state index is -0.927. The fourth-order valence-electron chi connectivity index (χ4n) is 2.82. The van der Waals surface area contributed by atoms with Crippen LogP contribution in [0.4, 0.5) is 0 Å². The largest absolute Gasteiger partial charge is 0.385 e. The van der Waals surface area contributed by atoms with Gasteiger partial charge in [-0.1, -0.05) is 24.3 Å². The number of hydrogen-bond donors (Lipinski definition) is 1. The van der Waals surface area contributed by atoms with Gasteiger partial charge in [-0.05, 0) is 30.0 Å². The maximum absolute atomic E-state index is 10.6. The standard InChI is InChI=1S/C15H13N3O/c16-9-15(14(19)13-6-8-17-10-18-13)7-5-11-3-1-2-4-12(11)15/h1-4,6,8,10,14,19H,5,7H2. The Bertz CT molecular complexity index is 635. The number of nitriles is 1. The van der Waals surface area contributed by atoms with Gasteiger partial charge in [-0.25, -0.2) is 9.97 Å². The summed E-state index contributed by atoms with van der Waals surface area (Å²) in [6.45, 7) is 0. The van der Waals surface area contributed by atoms with Gasteiger partial charge in [0, 0.05) is 6.20 Å². The van der Waals surface area contributed by atoms with E-state index in [0.29, 0.717) is 12.1 Å². The number of hydrogen-bond acceptors (Lipinski definition) is 4. The molecule has 94 valence electrons. The van der Waals surface area contributed by atoms with Crippen molar-refractivity contribution in [1.29, 1.82) is 5.26 Å². The maximum atomic E-state index is 10.6. The Labute approximate surface area is 111 Å². The van der Waals surface area contributed by atoms with E-state index in [1.165, 1.54) is 6.33 Å². The highest BCUT2D eigenvalue weighted by molar-refractivity contribution is 5.46. The zero-order valence-corrected chi connectivity index (χ0v) is 10.3. The first kappa shape index (κ1) is 11.8. The van der Waals surface area contributed by atoms with E-state index in [1.54, 1.807) is 12.3 Å². The molecule has 0 radical (unpaired) electrons. The van der Waals surface area contributed by atoms with Crippen molar-refractivity contribution in [3.05, 3.63) is 59.7 Å². The summed E-state index contributed by atoms with van der Waals surface area (Å²) >= 11 is 0. The molecule has 0 aliphatic heterocycles. The second kappa shape index (κ2) is 4.45. The molecule has 0 saturated heterocycles. The smallest absolute Gasteiger partial charge is 0.119 e. The molecular formula is C15H13N3O. The van der Waals surface area contributed by atoms with Gasteiger partial charge in [0.05, 0.1) is 11.8 Å². The van der Waals surface area contributed by atoms with Crippen molar-refractivity contribution in [3.8, 4) is 6.07 Å². The molecule has 2 unspecified atom stereocenters. The number of aliphatic hydroxyl groups is 1. The Balaban J connectivity index is 2.10. The summed E-state index contributed by atoms with van der Waals surface area (Å²) < 4.78 is 0. The van der Waals surface area contributed by atoms with E-state index in [0.717, 1.165) is 17.5 Å². The van der Waals surface area contributed by atoms with Gasteiger partial charge in [-0.2, -0.15) is 5.26 Å². The molecule has 1 aliphatic carbocycles. The molecule has 1 N–H and O–H groups in total. The van der Waals surface area contributed by atoms with E-state index in [4.69, 9.17) is 0 Å². The summed E-state index contributed by atoms with van der Waals surface area (Å²) in [6, 6.07) is 11.8. The average molecular weight is 251 g/mol. The van der Waals surface area contributed by atoms with Crippen LogP contribution < -0.4 is 0 Å². The van der Waals surface area contributed by atoms with Crippen LogP contribution in [0.3, 0.4) is 0 Å². The molecule has 19 heavy (non-hydrogen) atoms. The Kier molecular flexibility index (Phi) is 2.77. The van der Waals surface area contributed by atoms with E-state index in [-0.39, 0.29) is 0 Å². The Morgan fingerprint density at radius 1 is 1.32 bits per heavy atom. The molecule has 1 aromatic heterocycles. The lowest BCUT2D eigenvalue weighted by Crippen LogP contribution is -2.30. The van der Waals surface area contributed by atoms with Crippen LogP contribution >= 0.6 is 0 Å². The summed E-state index contributed by atoms with van der Waals surface area (Å²) in [6.07, 6.45) is 3.48. The zero-order chi connectivity index (χ0) is 13.3. The summed E-state index contributed by atoms with van der Waals surface area (Å²) in [4.78, 5) is 7.92. The lowest BCUT2D eigenvalue weighted by atomic mass is 9.77. The molecule has 4 nitrogen and oxygen atoms in total. The fourth-order valence-corrected chi connectivity index (χ4v) is 2.82. The quantitative estimate of drug-likeness (QED) is 0.885. The molecule has 0 amide bonds. The van der Waals surface area contributed by atoms with Gasteiger partial charge in [-0.3, -0.25) is 0 Å². The second-order valence-electron chi connectivity index (χ2n) is 4.78. The molecule has 3 rings (SSSR count). The van der Waals surface area contributed by atoms with Gasteiger partial charge in [0.2, 0.25) is 0 Å². The van der Waals surface area contributed by atoms with Gasteiger partial charge < -0.3 is 5.11 Å². The Morgan fingerprint density at radius 3 is 2.89 bits per heavy atom. The molecule has 1 aliphatic rings. The lowest BCUT2D eigenvalue weighted by molar-refractivity contribution is 0.106. The molecule has 1 heterocycles. The van der Waals surface area contributed by atoms with Crippen molar-refractivity contribution in [2.45, 2.75) is 24.4 Å². The van der Waals surface area contributed by atoms with Gasteiger partial charge >= 0.3 is 0 Å². The predicted molar refractivity (Wildman–Crippen MR) is 69.0 cm³/mol. The van der Waals surface area contributed by atoms with Crippen LogP contribution in [0.25, 0.3) is 0 Å². The summed E-state index contributed by atoms with van der Waals surface area (Å²) in [5.41, 5.74) is 1.65. The van der Waals surface area contributed by atoms with Gasteiger partial charge in [0.1, 0.15) is 17.8 Å². The number of nitrogens with zero attached hydrogens (tertiary/aromatic N) is 3. The molecule has 1 aromatic carbocycles. The molecule has 2 atom stereocenters. The SMILES string of the molecule is N#CC1(C(O)c2ccncn2)CCc2ccccc21. The molecule has 0 bridgehead atoms. The predicted octanol–water partition coefficient (Wildman–Crippen LogP) is 1.92. The topological polar surface area (TPSA) is 69.8 Å². The number of benzene rings is 1. The van der Waals surface area contributed by atoms with Crippen molar-refractivity contribution in [3.63, 3.8) is 0 Å². The fraction of sp³-hybridized carbons (Fsp3) is 0.267. The number of fused-ring (bicyclic) bond motifs is 1. The first-order valence-electron chi connectivity index (χ1n) is 6.21. The highest BCUT2D eigenvalue weighted by Crippen LogP contribution is 2.46. The van der Waals surface area contributed by atoms with E-state index in [2.05, 4.69) is 16.0 Å².